The predicted octanol–water partition coefficient (Wildman–Crippen LogP) is 5.08. The van der Waals surface area contributed by atoms with Gasteiger partial charge in [0.1, 0.15) is 0 Å². The molecule has 0 aliphatic rings. The molecule has 3 rings (SSSR count). The molecule has 0 spiro atoms. The molecule has 3 aromatic carbocycles. The molecule has 0 atom stereocenters. The summed E-state index contributed by atoms with van der Waals surface area (Å²) in [7, 11) is 2.85. The number of nitro benzene ring substituents is 2. The van der Waals surface area contributed by atoms with Crippen molar-refractivity contribution in [1.82, 2.24) is 5.43 Å². The maximum absolute atomic E-state index is 12.5. The maximum Gasteiger partial charge on any atom is 0.318 e. The van der Waals surface area contributed by atoms with Gasteiger partial charge in [-0.1, -0.05) is 0 Å². The molecular formula is C24H21IN4O9. The number of amides is 1. The van der Waals surface area contributed by atoms with Crippen LogP contribution < -0.4 is 24.4 Å². The molecule has 0 aromatic heterocycles. The molecule has 3 aromatic rings. The van der Waals surface area contributed by atoms with Crippen LogP contribution in [0.4, 0.5) is 11.4 Å². The van der Waals surface area contributed by atoms with Gasteiger partial charge in [-0.2, -0.15) is 5.10 Å². The van der Waals surface area contributed by atoms with E-state index < -0.39 is 27.1 Å². The second-order valence-corrected chi connectivity index (χ2v) is 8.46. The third-order valence-corrected chi connectivity index (χ3v) is 5.72. The minimum atomic E-state index is -0.772. The molecule has 0 unspecified atom stereocenters. The summed E-state index contributed by atoms with van der Waals surface area (Å²) in [6.07, 6.45) is 1.38. The lowest BCUT2D eigenvalue weighted by Crippen LogP contribution is -2.17. The number of rotatable bonds is 11. The minimum absolute atomic E-state index is 0.160. The molecule has 0 bridgehead atoms. The summed E-state index contributed by atoms with van der Waals surface area (Å²) >= 11 is 1.94. The van der Waals surface area contributed by atoms with Crippen LogP contribution in [0.1, 0.15) is 22.8 Å². The number of carbonyl (C=O) groups is 1. The van der Waals surface area contributed by atoms with E-state index in [1.807, 2.05) is 29.5 Å². The summed E-state index contributed by atoms with van der Waals surface area (Å²) in [5.41, 5.74) is 2.25. The molecule has 0 aliphatic carbocycles. The van der Waals surface area contributed by atoms with Gasteiger partial charge in [-0.3, -0.25) is 25.0 Å². The summed E-state index contributed by atoms with van der Waals surface area (Å²) in [6, 6.07) is 11.0. The molecule has 38 heavy (non-hydrogen) atoms. The first-order valence-electron chi connectivity index (χ1n) is 10.8. The van der Waals surface area contributed by atoms with Crippen LogP contribution in [0.3, 0.4) is 0 Å². The van der Waals surface area contributed by atoms with E-state index in [0.717, 1.165) is 18.2 Å². The monoisotopic (exact) mass is 636 g/mol. The molecule has 14 heteroatoms. The van der Waals surface area contributed by atoms with E-state index in [4.69, 9.17) is 18.9 Å². The lowest BCUT2D eigenvalue weighted by Gasteiger charge is -2.13. The van der Waals surface area contributed by atoms with Crippen LogP contribution in [0.15, 0.2) is 53.6 Å². The molecular weight excluding hydrogens is 615 g/mol. The first-order valence-corrected chi connectivity index (χ1v) is 11.9. The Morgan fingerprint density at radius 1 is 0.974 bits per heavy atom. The van der Waals surface area contributed by atoms with E-state index in [1.54, 1.807) is 24.3 Å². The van der Waals surface area contributed by atoms with E-state index in [9.17, 15) is 25.0 Å². The van der Waals surface area contributed by atoms with Gasteiger partial charge < -0.3 is 18.9 Å². The predicted molar refractivity (Wildman–Crippen MR) is 145 cm³/mol. The van der Waals surface area contributed by atoms with Crippen molar-refractivity contribution in [3.63, 3.8) is 0 Å². The molecule has 1 amide bonds. The SMILES string of the molecule is CCOc1ccc(C(=O)N/N=C/c2cc(I)c(Oc3ccc([N+](=O)[O-])cc3[N+](=O)[O-])c(OC)c2)cc1OC. The minimum Gasteiger partial charge on any atom is -0.493 e. The second-order valence-electron chi connectivity index (χ2n) is 7.30. The fourth-order valence-electron chi connectivity index (χ4n) is 3.19. The smallest absolute Gasteiger partial charge is 0.318 e. The van der Waals surface area contributed by atoms with Crippen LogP contribution in [0.2, 0.25) is 0 Å². The number of hydrazone groups is 1. The van der Waals surface area contributed by atoms with E-state index in [2.05, 4.69) is 10.5 Å². The van der Waals surface area contributed by atoms with Crippen LogP contribution in [0, 0.1) is 23.8 Å². The maximum atomic E-state index is 12.5. The molecule has 0 fully saturated rings. The van der Waals surface area contributed by atoms with Gasteiger partial charge in [0.2, 0.25) is 5.75 Å². The number of halogens is 1. The highest BCUT2D eigenvalue weighted by atomic mass is 127. The highest BCUT2D eigenvalue weighted by Crippen LogP contribution is 2.41. The first-order chi connectivity index (χ1) is 18.2. The molecule has 0 heterocycles. The second kappa shape index (κ2) is 12.7. The van der Waals surface area contributed by atoms with E-state index in [-0.39, 0.29) is 17.2 Å². The number of carbonyl (C=O) groups excluding carboxylic acids is 1. The average Bonchev–Trinajstić information content (AvgIpc) is 2.90. The number of ether oxygens (including phenoxy) is 4. The normalized spacial score (nSPS) is 10.6. The summed E-state index contributed by atoms with van der Waals surface area (Å²) in [5.74, 6) is 0.622. The molecule has 0 saturated carbocycles. The van der Waals surface area contributed by atoms with Gasteiger partial charge >= 0.3 is 5.69 Å². The zero-order valence-corrected chi connectivity index (χ0v) is 22.5. The van der Waals surface area contributed by atoms with Crippen LogP contribution in [0.25, 0.3) is 0 Å². The van der Waals surface area contributed by atoms with Crippen molar-refractivity contribution >= 4 is 46.1 Å². The number of non-ortho nitro benzene ring substituents is 1. The molecule has 13 nitrogen and oxygen atoms in total. The lowest BCUT2D eigenvalue weighted by molar-refractivity contribution is -0.394. The van der Waals surface area contributed by atoms with Crippen molar-refractivity contribution in [3.05, 3.63) is 83.5 Å². The molecule has 1 N–H and O–H groups in total. The quantitative estimate of drug-likeness (QED) is 0.131. The van der Waals surface area contributed by atoms with Crippen LogP contribution in [-0.4, -0.2) is 42.8 Å². The molecule has 0 saturated heterocycles. The number of nitrogens with one attached hydrogen (secondary N) is 1. The van der Waals surface area contributed by atoms with Crippen LogP contribution >= 0.6 is 22.6 Å². The summed E-state index contributed by atoms with van der Waals surface area (Å²) in [5, 5.41) is 26.4. The lowest BCUT2D eigenvalue weighted by atomic mass is 10.2. The van der Waals surface area contributed by atoms with Crippen molar-refractivity contribution < 1.29 is 33.6 Å². The van der Waals surface area contributed by atoms with Crippen molar-refractivity contribution in [2.45, 2.75) is 6.92 Å². The van der Waals surface area contributed by atoms with Crippen LogP contribution in [0.5, 0.6) is 28.7 Å². The molecule has 198 valence electrons. The van der Waals surface area contributed by atoms with Crippen molar-refractivity contribution in [3.8, 4) is 28.7 Å². The highest BCUT2D eigenvalue weighted by Gasteiger charge is 2.23. The van der Waals surface area contributed by atoms with E-state index in [0.29, 0.717) is 32.8 Å². The zero-order valence-electron chi connectivity index (χ0n) is 20.3. The van der Waals surface area contributed by atoms with Gasteiger partial charge in [0, 0.05) is 11.6 Å². The van der Waals surface area contributed by atoms with Crippen molar-refractivity contribution in [2.24, 2.45) is 5.10 Å². The van der Waals surface area contributed by atoms with Crippen molar-refractivity contribution in [1.29, 1.82) is 0 Å². The van der Waals surface area contributed by atoms with Crippen LogP contribution in [-0.2, 0) is 0 Å². The number of benzene rings is 3. The Labute approximate surface area is 229 Å². The standard InChI is InChI=1S/C24H21IN4O9/c1-4-37-20-7-5-15(11-21(20)35-2)24(30)27-26-13-14-9-17(25)23(22(10-14)36-3)38-19-8-6-16(28(31)32)12-18(19)29(33)34/h5-13H,4H2,1-3H3,(H,27,30)/b26-13+. The molecule has 0 aliphatic heterocycles. The largest absolute Gasteiger partial charge is 0.493 e. The highest BCUT2D eigenvalue weighted by molar-refractivity contribution is 14.1. The Morgan fingerprint density at radius 2 is 1.68 bits per heavy atom. The number of methoxy groups -OCH3 is 2. The topological polar surface area (TPSA) is 165 Å². The van der Waals surface area contributed by atoms with Gasteiger partial charge in [-0.15, -0.1) is 0 Å². The number of nitro groups is 2. The fraction of sp³-hybridized carbons (Fsp3) is 0.167. The van der Waals surface area contributed by atoms with Gasteiger partial charge in [0.15, 0.2) is 23.0 Å². The zero-order chi connectivity index (χ0) is 27.8. The van der Waals surface area contributed by atoms with E-state index in [1.165, 1.54) is 26.5 Å². The van der Waals surface area contributed by atoms with Gasteiger partial charge in [-0.05, 0) is 71.5 Å². The Bertz CT molecular complexity index is 1410. The van der Waals surface area contributed by atoms with Gasteiger partial charge in [-0.25, -0.2) is 5.43 Å². The van der Waals surface area contributed by atoms with Crippen molar-refractivity contribution in [2.75, 3.05) is 20.8 Å². The Kier molecular flexibility index (Phi) is 9.37. The van der Waals surface area contributed by atoms with E-state index >= 15 is 0 Å². The first kappa shape index (κ1) is 28.1. The Balaban J connectivity index is 1.80. The Hall–Kier alpha value is -4.47. The number of hydrogen-bond donors (Lipinski definition) is 1. The summed E-state index contributed by atoms with van der Waals surface area (Å²) in [4.78, 5) is 33.4. The van der Waals surface area contributed by atoms with Gasteiger partial charge in [0.05, 0.1) is 46.5 Å². The summed E-state index contributed by atoms with van der Waals surface area (Å²) < 4.78 is 22.3. The fourth-order valence-corrected chi connectivity index (χ4v) is 3.92. The average molecular weight is 636 g/mol. The summed E-state index contributed by atoms with van der Waals surface area (Å²) in [6.45, 7) is 2.28. The molecule has 0 radical (unpaired) electrons. The number of nitrogens with zero attached hydrogens (tertiary/aromatic N) is 3. The van der Waals surface area contributed by atoms with Gasteiger partial charge in [0.25, 0.3) is 11.6 Å². The number of hydrogen-bond acceptors (Lipinski definition) is 10. The Morgan fingerprint density at radius 3 is 2.32 bits per heavy atom. The third-order valence-electron chi connectivity index (χ3n) is 4.92. The third kappa shape index (κ3) is 6.64.